The van der Waals surface area contributed by atoms with E-state index in [4.69, 9.17) is 21.1 Å². The van der Waals surface area contributed by atoms with Crippen molar-refractivity contribution in [2.45, 2.75) is 26.7 Å². The molecule has 0 atom stereocenters. The zero-order chi connectivity index (χ0) is 27.2. The number of nitrogens with zero attached hydrogens (tertiary/aromatic N) is 1. The van der Waals surface area contributed by atoms with Crippen LogP contribution in [0.25, 0.3) is 6.08 Å². The van der Waals surface area contributed by atoms with Gasteiger partial charge in [0, 0.05) is 10.7 Å². The van der Waals surface area contributed by atoms with Gasteiger partial charge in [0.1, 0.15) is 0 Å². The molecule has 0 saturated carbocycles. The molecule has 7 nitrogen and oxygen atoms in total. The van der Waals surface area contributed by atoms with Crippen molar-refractivity contribution in [2.24, 2.45) is 0 Å². The van der Waals surface area contributed by atoms with Crippen LogP contribution in [0.15, 0.2) is 71.6 Å². The first-order valence-electron chi connectivity index (χ1n) is 12.1. The predicted octanol–water partition coefficient (Wildman–Crippen LogP) is 7.12. The lowest BCUT2D eigenvalue weighted by Crippen LogP contribution is -2.27. The van der Waals surface area contributed by atoms with Crippen LogP contribution in [0, 0.1) is 0 Å². The van der Waals surface area contributed by atoms with Crippen molar-refractivity contribution in [1.82, 2.24) is 0 Å². The number of amides is 3. The van der Waals surface area contributed by atoms with Crippen molar-refractivity contribution in [3.63, 3.8) is 0 Å². The maximum Gasteiger partial charge on any atom is 0.298 e. The summed E-state index contributed by atoms with van der Waals surface area (Å²) >= 11 is 6.78. The minimum absolute atomic E-state index is 0.203. The molecule has 0 bridgehead atoms. The zero-order valence-corrected chi connectivity index (χ0v) is 22.8. The SMILES string of the molecule is CCOc1cc(/C=C2\SC(=O)N(c3ccc(Cl)cc3)C2=O)ccc1OCC(=O)Nc1ccccc1C(C)C. The normalized spacial score (nSPS) is 14.3. The number of anilines is 2. The van der Waals surface area contributed by atoms with Gasteiger partial charge < -0.3 is 14.8 Å². The number of para-hydroxylation sites is 1. The van der Waals surface area contributed by atoms with Gasteiger partial charge in [-0.25, -0.2) is 4.90 Å². The highest BCUT2D eigenvalue weighted by Gasteiger charge is 2.36. The molecule has 0 aliphatic carbocycles. The molecule has 3 amide bonds. The number of ether oxygens (including phenoxy) is 2. The number of carbonyl (C=O) groups is 3. The number of hydrogen-bond donors (Lipinski definition) is 1. The Kier molecular flexibility index (Phi) is 8.76. The van der Waals surface area contributed by atoms with Crippen molar-refractivity contribution in [3.8, 4) is 11.5 Å². The summed E-state index contributed by atoms with van der Waals surface area (Å²) in [7, 11) is 0. The largest absolute Gasteiger partial charge is 0.490 e. The van der Waals surface area contributed by atoms with Gasteiger partial charge >= 0.3 is 0 Å². The van der Waals surface area contributed by atoms with E-state index < -0.39 is 11.1 Å². The smallest absolute Gasteiger partial charge is 0.298 e. The van der Waals surface area contributed by atoms with Crippen molar-refractivity contribution in [2.75, 3.05) is 23.4 Å². The van der Waals surface area contributed by atoms with Gasteiger partial charge in [-0.15, -0.1) is 0 Å². The van der Waals surface area contributed by atoms with E-state index in [2.05, 4.69) is 19.2 Å². The Morgan fingerprint density at radius 2 is 1.76 bits per heavy atom. The maximum absolute atomic E-state index is 13.0. The summed E-state index contributed by atoms with van der Waals surface area (Å²) in [6.07, 6.45) is 1.63. The molecule has 0 spiro atoms. The lowest BCUT2D eigenvalue weighted by molar-refractivity contribution is -0.118. The molecule has 0 aromatic heterocycles. The van der Waals surface area contributed by atoms with E-state index in [0.717, 1.165) is 27.9 Å². The first-order valence-corrected chi connectivity index (χ1v) is 13.3. The van der Waals surface area contributed by atoms with Gasteiger partial charge in [-0.2, -0.15) is 0 Å². The molecule has 196 valence electrons. The molecule has 0 unspecified atom stereocenters. The van der Waals surface area contributed by atoms with Crippen LogP contribution in [0.1, 0.15) is 37.8 Å². The van der Waals surface area contributed by atoms with E-state index in [1.165, 1.54) is 0 Å². The molecular formula is C29H27ClN2O5S. The second-order valence-corrected chi connectivity index (χ2v) is 10.1. The summed E-state index contributed by atoms with van der Waals surface area (Å²) in [6, 6.07) is 19.3. The average Bonchev–Trinajstić information content (AvgIpc) is 3.17. The molecule has 0 radical (unpaired) electrons. The maximum atomic E-state index is 13.0. The third-order valence-corrected chi connectivity index (χ3v) is 6.78. The van der Waals surface area contributed by atoms with Gasteiger partial charge in [-0.05, 0) is 84.3 Å². The van der Waals surface area contributed by atoms with Crippen LogP contribution in [0.4, 0.5) is 16.2 Å². The monoisotopic (exact) mass is 550 g/mol. The standard InChI is InChI=1S/C29H27ClN2O5S/c1-4-36-25-15-19(16-26-28(34)32(29(35)38-26)21-12-10-20(30)11-13-21)9-14-24(25)37-17-27(33)31-23-8-6-5-7-22(23)18(2)3/h5-16,18H,4,17H2,1-3H3,(H,31,33)/b26-16-. The van der Waals surface area contributed by atoms with Crippen LogP contribution < -0.4 is 19.7 Å². The van der Waals surface area contributed by atoms with Crippen LogP contribution in [0.5, 0.6) is 11.5 Å². The quantitative estimate of drug-likeness (QED) is 0.285. The molecule has 1 aliphatic rings. The Labute approximate surface area is 230 Å². The zero-order valence-electron chi connectivity index (χ0n) is 21.2. The summed E-state index contributed by atoms with van der Waals surface area (Å²) in [5.74, 6) is 0.371. The summed E-state index contributed by atoms with van der Waals surface area (Å²) < 4.78 is 11.5. The molecule has 4 rings (SSSR count). The number of hydrogen-bond acceptors (Lipinski definition) is 6. The van der Waals surface area contributed by atoms with Crippen LogP contribution in [-0.4, -0.2) is 30.3 Å². The van der Waals surface area contributed by atoms with Crippen LogP contribution in [0.2, 0.25) is 5.02 Å². The molecule has 1 N–H and O–H groups in total. The van der Waals surface area contributed by atoms with E-state index in [-0.39, 0.29) is 23.3 Å². The van der Waals surface area contributed by atoms with Crippen LogP contribution in [-0.2, 0) is 9.59 Å². The van der Waals surface area contributed by atoms with Crippen molar-refractivity contribution >= 4 is 57.9 Å². The number of nitrogens with one attached hydrogen (secondary N) is 1. The first kappa shape index (κ1) is 27.3. The van der Waals surface area contributed by atoms with Crippen LogP contribution in [0.3, 0.4) is 0 Å². The highest BCUT2D eigenvalue weighted by atomic mass is 35.5. The fourth-order valence-corrected chi connectivity index (χ4v) is 4.85. The third-order valence-electron chi connectivity index (χ3n) is 5.66. The van der Waals surface area contributed by atoms with E-state index >= 15 is 0 Å². The minimum Gasteiger partial charge on any atom is -0.490 e. The summed E-state index contributed by atoms with van der Waals surface area (Å²) in [6.45, 7) is 6.14. The number of imide groups is 1. The molecule has 1 saturated heterocycles. The Balaban J connectivity index is 1.47. The third kappa shape index (κ3) is 6.38. The molecule has 1 fully saturated rings. The van der Waals surface area contributed by atoms with Gasteiger partial charge in [0.2, 0.25) is 0 Å². The second-order valence-electron chi connectivity index (χ2n) is 8.71. The fourth-order valence-electron chi connectivity index (χ4n) is 3.88. The second kappa shape index (κ2) is 12.2. The molecule has 3 aromatic rings. The molecule has 1 heterocycles. The van der Waals surface area contributed by atoms with E-state index in [1.807, 2.05) is 31.2 Å². The van der Waals surface area contributed by atoms with E-state index in [9.17, 15) is 14.4 Å². The molecule has 1 aliphatic heterocycles. The highest BCUT2D eigenvalue weighted by Crippen LogP contribution is 2.37. The summed E-state index contributed by atoms with van der Waals surface area (Å²) in [5.41, 5.74) is 2.90. The number of halogens is 1. The molecule has 3 aromatic carbocycles. The van der Waals surface area contributed by atoms with Gasteiger partial charge in [-0.3, -0.25) is 14.4 Å². The summed E-state index contributed by atoms with van der Waals surface area (Å²) in [4.78, 5) is 39.5. The number of carbonyl (C=O) groups excluding carboxylic acids is 3. The first-order chi connectivity index (χ1) is 18.3. The van der Waals surface area contributed by atoms with E-state index in [0.29, 0.717) is 34.4 Å². The number of thioether (sulfide) groups is 1. The topological polar surface area (TPSA) is 84.9 Å². The predicted molar refractivity (Wildman–Crippen MR) is 152 cm³/mol. The van der Waals surface area contributed by atoms with Gasteiger partial charge in [0.05, 0.1) is 17.2 Å². The minimum atomic E-state index is -0.418. The van der Waals surface area contributed by atoms with Gasteiger partial charge in [0.15, 0.2) is 18.1 Å². The lowest BCUT2D eigenvalue weighted by atomic mass is 10.0. The van der Waals surface area contributed by atoms with Crippen molar-refractivity contribution in [1.29, 1.82) is 0 Å². The van der Waals surface area contributed by atoms with E-state index in [1.54, 1.807) is 48.5 Å². The molecule has 9 heteroatoms. The van der Waals surface area contributed by atoms with Crippen LogP contribution >= 0.6 is 23.4 Å². The lowest BCUT2D eigenvalue weighted by Gasteiger charge is -2.15. The summed E-state index contributed by atoms with van der Waals surface area (Å²) in [5, 5.41) is 3.03. The highest BCUT2D eigenvalue weighted by molar-refractivity contribution is 8.19. The van der Waals surface area contributed by atoms with Gasteiger partial charge in [0.25, 0.3) is 17.1 Å². The number of benzene rings is 3. The Bertz CT molecular complexity index is 1390. The Morgan fingerprint density at radius 3 is 2.47 bits per heavy atom. The molecular weight excluding hydrogens is 524 g/mol. The fraction of sp³-hybridized carbons (Fsp3) is 0.207. The van der Waals surface area contributed by atoms with Crippen molar-refractivity contribution in [3.05, 3.63) is 87.8 Å². The Morgan fingerprint density at radius 1 is 1.03 bits per heavy atom. The van der Waals surface area contributed by atoms with Crippen molar-refractivity contribution < 1.29 is 23.9 Å². The molecule has 38 heavy (non-hydrogen) atoms. The average molecular weight is 551 g/mol. The Hall–Kier alpha value is -3.75. The number of rotatable bonds is 9. The van der Waals surface area contributed by atoms with Gasteiger partial charge in [-0.1, -0.05) is 49.7 Å².